The van der Waals surface area contributed by atoms with E-state index in [4.69, 9.17) is 31.4 Å². The molecule has 2 rings (SSSR count). The molecule has 1 amide bonds. The zero-order valence-corrected chi connectivity index (χ0v) is 15.1. The highest BCUT2D eigenvalue weighted by atomic mass is 16.5. The number of aromatic hydroxyl groups is 1. The molecule has 1 aromatic carbocycles. The molecule has 0 spiro atoms. The van der Waals surface area contributed by atoms with E-state index >= 15 is 0 Å². The number of benzene rings is 1. The van der Waals surface area contributed by atoms with Crippen LogP contribution in [0.15, 0.2) is 12.1 Å². The van der Waals surface area contributed by atoms with E-state index in [-0.39, 0.29) is 43.6 Å². The Morgan fingerprint density at radius 1 is 1.29 bits per heavy atom. The van der Waals surface area contributed by atoms with Crippen LogP contribution < -0.4 is 16.2 Å². The first-order chi connectivity index (χ1) is 13.1. The average Bonchev–Trinajstić information content (AvgIpc) is 2.55. The van der Waals surface area contributed by atoms with Crippen molar-refractivity contribution < 1.29 is 39.7 Å². The van der Waals surface area contributed by atoms with Gasteiger partial charge in [-0.15, -0.1) is 0 Å². The Bertz CT molecular complexity index is 724. The van der Waals surface area contributed by atoms with Crippen LogP contribution in [0.4, 0.5) is 0 Å². The summed E-state index contributed by atoms with van der Waals surface area (Å²) in [6.07, 6.45) is -1.76. The molecule has 1 fully saturated rings. The fraction of sp³-hybridized carbons (Fsp3) is 0.500. The minimum absolute atomic E-state index is 0.0583. The summed E-state index contributed by atoms with van der Waals surface area (Å²) in [6, 6.07) is 1.88. The Kier molecular flexibility index (Phi) is 7.21. The van der Waals surface area contributed by atoms with Crippen molar-refractivity contribution in [3.05, 3.63) is 23.3 Å². The number of likely N-dealkylation sites (tertiary alicyclic amines) is 1. The number of aliphatic hydroxyl groups is 1. The molecular weight excluding hydrogens is 373 g/mol. The summed E-state index contributed by atoms with van der Waals surface area (Å²) >= 11 is 0. The maximum absolute atomic E-state index is 12.1. The summed E-state index contributed by atoms with van der Waals surface area (Å²) in [5.74, 6) is -2.36. The Morgan fingerprint density at radius 2 is 1.93 bits per heavy atom. The van der Waals surface area contributed by atoms with E-state index in [1.807, 2.05) is 0 Å². The first-order valence-corrected chi connectivity index (χ1v) is 8.69. The number of ether oxygens (including phenoxy) is 1. The molecule has 0 aliphatic carbocycles. The topological polar surface area (TPSA) is 200 Å². The predicted molar refractivity (Wildman–Crippen MR) is 97.6 cm³/mol. The summed E-state index contributed by atoms with van der Waals surface area (Å²) in [7, 11) is -1.58. The van der Waals surface area contributed by atoms with Crippen LogP contribution in [0, 0.1) is 0 Å². The lowest BCUT2D eigenvalue weighted by Crippen LogP contribution is -2.60. The first-order valence-electron chi connectivity index (χ1n) is 8.69. The second-order valence-corrected chi connectivity index (χ2v) is 6.66. The smallest absolute Gasteiger partial charge is 0.451 e. The normalized spacial score (nSPS) is 16.2. The van der Waals surface area contributed by atoms with Crippen molar-refractivity contribution in [2.75, 3.05) is 13.1 Å². The third-order valence-corrected chi connectivity index (χ3v) is 4.37. The van der Waals surface area contributed by atoms with Crippen LogP contribution in [0.3, 0.4) is 0 Å². The van der Waals surface area contributed by atoms with Crippen molar-refractivity contribution in [1.29, 1.82) is 0 Å². The Labute approximate surface area is 161 Å². The van der Waals surface area contributed by atoms with Gasteiger partial charge in [0.15, 0.2) is 0 Å². The zero-order chi connectivity index (χ0) is 21.0. The number of rotatable bonds is 9. The van der Waals surface area contributed by atoms with Gasteiger partial charge in [0.2, 0.25) is 5.91 Å². The molecule has 12 heteroatoms. The Balaban J connectivity index is 2.02. The number of hydrogen-bond donors (Lipinski definition) is 7. The first kappa shape index (κ1) is 21.9. The number of amides is 1. The van der Waals surface area contributed by atoms with E-state index in [2.05, 4.69) is 0 Å². The monoisotopic (exact) mass is 397 g/mol. The fourth-order valence-corrected chi connectivity index (χ4v) is 2.87. The van der Waals surface area contributed by atoms with E-state index in [1.54, 1.807) is 0 Å². The van der Waals surface area contributed by atoms with Crippen LogP contribution in [-0.4, -0.2) is 80.7 Å². The van der Waals surface area contributed by atoms with Gasteiger partial charge in [-0.2, -0.15) is 0 Å². The molecule has 11 nitrogen and oxygen atoms in total. The van der Waals surface area contributed by atoms with Crippen LogP contribution in [0.25, 0.3) is 0 Å². The largest absolute Gasteiger partial charge is 0.507 e. The van der Waals surface area contributed by atoms with E-state index < -0.39 is 48.7 Å². The molecule has 1 unspecified atom stereocenters. The van der Waals surface area contributed by atoms with Crippen molar-refractivity contribution in [1.82, 2.24) is 4.90 Å². The number of carbonyl (C=O) groups excluding carboxylic acids is 1. The van der Waals surface area contributed by atoms with E-state index in [0.717, 1.165) is 0 Å². The number of carboxylic acid groups (broad SMARTS) is 1. The van der Waals surface area contributed by atoms with Crippen molar-refractivity contribution >= 4 is 19.0 Å². The van der Waals surface area contributed by atoms with E-state index in [0.29, 0.717) is 0 Å². The lowest BCUT2D eigenvalue weighted by molar-refractivity contribution is -0.142. The quantitative estimate of drug-likeness (QED) is 0.175. The maximum atomic E-state index is 12.1. The number of aliphatic hydroxyl groups excluding tert-OH is 1. The number of nitrogens with two attached hydrogens (primary N) is 2. The summed E-state index contributed by atoms with van der Waals surface area (Å²) < 4.78 is 5.60. The third-order valence-electron chi connectivity index (χ3n) is 4.37. The van der Waals surface area contributed by atoms with Crippen LogP contribution in [-0.2, 0) is 11.2 Å². The summed E-state index contributed by atoms with van der Waals surface area (Å²) in [5, 5.41) is 46.5. The number of nitrogens with zero attached hydrogens (tertiary/aromatic N) is 1. The fourth-order valence-electron chi connectivity index (χ4n) is 2.87. The minimum Gasteiger partial charge on any atom is -0.507 e. The molecule has 0 radical (unpaired) electrons. The highest BCUT2D eigenvalue weighted by molar-refractivity contribution is 6.41. The molecule has 1 heterocycles. The minimum atomic E-state index is -1.58. The van der Waals surface area contributed by atoms with Gasteiger partial charge in [0.25, 0.3) is 0 Å². The number of aryl methyl sites for hydroxylation is 1. The molecule has 1 aliphatic rings. The molecule has 0 bridgehead atoms. The second kappa shape index (κ2) is 9.21. The summed E-state index contributed by atoms with van der Waals surface area (Å²) in [4.78, 5) is 25.0. The van der Waals surface area contributed by atoms with Gasteiger partial charge in [0.1, 0.15) is 29.4 Å². The maximum Gasteiger partial charge on any atom is 0.451 e. The SMILES string of the molecule is NC(O)C[C@H](N)C(=O)N1CC(Oc2ccc(CCB(O)O)c(O)c2C(=O)O)C1. The highest BCUT2D eigenvalue weighted by Gasteiger charge is 2.36. The molecule has 154 valence electrons. The second-order valence-electron chi connectivity index (χ2n) is 6.66. The third kappa shape index (κ3) is 5.33. The Morgan fingerprint density at radius 3 is 2.46 bits per heavy atom. The van der Waals surface area contributed by atoms with Crippen LogP contribution in [0.5, 0.6) is 11.5 Å². The van der Waals surface area contributed by atoms with Gasteiger partial charge >= 0.3 is 13.1 Å². The van der Waals surface area contributed by atoms with Crippen molar-refractivity contribution in [2.45, 2.75) is 37.5 Å². The number of carbonyl (C=O) groups is 2. The van der Waals surface area contributed by atoms with Crippen LogP contribution in [0.2, 0.25) is 6.32 Å². The van der Waals surface area contributed by atoms with Gasteiger partial charge < -0.3 is 46.5 Å². The van der Waals surface area contributed by atoms with Crippen molar-refractivity contribution in [2.24, 2.45) is 11.5 Å². The molecule has 9 N–H and O–H groups in total. The van der Waals surface area contributed by atoms with Gasteiger partial charge in [-0.25, -0.2) is 4.79 Å². The van der Waals surface area contributed by atoms with E-state index in [9.17, 15) is 19.8 Å². The zero-order valence-electron chi connectivity index (χ0n) is 15.1. The molecular formula is C16H24BN3O8. The lowest BCUT2D eigenvalue weighted by atomic mass is 9.82. The molecule has 2 atom stereocenters. The highest BCUT2D eigenvalue weighted by Crippen LogP contribution is 2.34. The van der Waals surface area contributed by atoms with Gasteiger partial charge in [-0.3, -0.25) is 4.79 Å². The molecule has 0 saturated carbocycles. The van der Waals surface area contributed by atoms with Gasteiger partial charge in [0, 0.05) is 6.42 Å². The van der Waals surface area contributed by atoms with Gasteiger partial charge in [-0.05, 0) is 24.4 Å². The summed E-state index contributed by atoms with van der Waals surface area (Å²) in [5.41, 5.74) is 10.7. The molecule has 1 aliphatic heterocycles. The molecule has 0 aromatic heterocycles. The number of carboxylic acids is 1. The van der Waals surface area contributed by atoms with E-state index in [1.165, 1.54) is 17.0 Å². The van der Waals surface area contributed by atoms with Crippen molar-refractivity contribution in [3.8, 4) is 11.5 Å². The predicted octanol–water partition coefficient (Wildman–Crippen LogP) is -2.31. The van der Waals surface area contributed by atoms with Gasteiger partial charge in [0.05, 0.1) is 19.1 Å². The van der Waals surface area contributed by atoms with Crippen molar-refractivity contribution in [3.63, 3.8) is 0 Å². The summed E-state index contributed by atoms with van der Waals surface area (Å²) in [6.45, 7) is 0.344. The number of aromatic carboxylic acids is 1. The molecule has 28 heavy (non-hydrogen) atoms. The lowest BCUT2D eigenvalue weighted by Gasteiger charge is -2.40. The number of phenols is 1. The number of hydrogen-bond acceptors (Lipinski definition) is 9. The average molecular weight is 397 g/mol. The van der Waals surface area contributed by atoms with Crippen LogP contribution in [0.1, 0.15) is 22.3 Å². The molecule has 1 aromatic rings. The Hall–Kier alpha value is -2.38. The standard InChI is InChI=1S/C16H24BN3O8/c18-10(5-12(19)21)15(23)20-6-9(7-20)28-11-2-1-8(3-4-17(26)27)14(22)13(11)16(24)25/h1-2,9-10,12,21-22,26-27H,3-7,18-19H2,(H,24,25)/t10-,12?/m0/s1. The van der Waals surface area contributed by atoms with Crippen LogP contribution >= 0.6 is 0 Å². The van der Waals surface area contributed by atoms with Gasteiger partial charge in [-0.1, -0.05) is 6.07 Å². The molecule has 1 saturated heterocycles.